The first-order valence-corrected chi connectivity index (χ1v) is 10.0. The summed E-state index contributed by atoms with van der Waals surface area (Å²) in [5, 5.41) is 3.06. The Bertz CT molecular complexity index is 1040. The van der Waals surface area contributed by atoms with Crippen LogP contribution in [0.5, 0.6) is 0 Å². The van der Waals surface area contributed by atoms with Crippen molar-refractivity contribution in [3.05, 3.63) is 59.4 Å². The van der Waals surface area contributed by atoms with Crippen LogP contribution in [-0.2, 0) is 5.41 Å². The van der Waals surface area contributed by atoms with Gasteiger partial charge in [-0.05, 0) is 36.5 Å². The predicted molar refractivity (Wildman–Crippen MR) is 109 cm³/mol. The number of aromatic nitrogens is 3. The van der Waals surface area contributed by atoms with E-state index in [0.717, 1.165) is 47.6 Å². The molecule has 1 saturated carbocycles. The van der Waals surface area contributed by atoms with E-state index in [2.05, 4.69) is 53.4 Å². The van der Waals surface area contributed by atoms with Crippen LogP contribution >= 0.6 is 0 Å². The Balaban J connectivity index is 1.52. The lowest BCUT2D eigenvalue weighted by Gasteiger charge is -2.44. The van der Waals surface area contributed by atoms with Crippen LogP contribution in [-0.4, -0.2) is 27.4 Å². The lowest BCUT2D eigenvalue weighted by atomic mass is 9.64. The summed E-state index contributed by atoms with van der Waals surface area (Å²) >= 11 is 0. The molecule has 1 aliphatic carbocycles. The van der Waals surface area contributed by atoms with Gasteiger partial charge in [0.1, 0.15) is 0 Å². The number of fused-ring (bicyclic) bond motifs is 2. The molecule has 0 bridgehead atoms. The Morgan fingerprint density at radius 1 is 1.11 bits per heavy atom. The van der Waals surface area contributed by atoms with E-state index >= 15 is 0 Å². The average Bonchev–Trinajstić information content (AvgIpc) is 3.14. The first kappa shape index (κ1) is 17.2. The van der Waals surface area contributed by atoms with Gasteiger partial charge in [0.2, 0.25) is 0 Å². The van der Waals surface area contributed by atoms with E-state index in [4.69, 9.17) is 4.98 Å². The summed E-state index contributed by atoms with van der Waals surface area (Å²) in [5.41, 5.74) is 5.93. The molecule has 0 unspecified atom stereocenters. The van der Waals surface area contributed by atoms with E-state index in [1.165, 1.54) is 12.0 Å². The third-order valence-corrected chi connectivity index (χ3v) is 6.26. The summed E-state index contributed by atoms with van der Waals surface area (Å²) in [7, 11) is 0. The molecule has 1 fully saturated rings. The smallest absolute Gasteiger partial charge is 0.253 e. The number of aromatic amines is 1. The number of nitrogens with one attached hydrogen (secondary N) is 2. The largest absolute Gasteiger partial charge is 0.356 e. The van der Waals surface area contributed by atoms with Gasteiger partial charge >= 0.3 is 0 Å². The van der Waals surface area contributed by atoms with Gasteiger partial charge in [-0.3, -0.25) is 4.79 Å². The number of amides is 1. The summed E-state index contributed by atoms with van der Waals surface area (Å²) < 4.78 is 0. The van der Waals surface area contributed by atoms with Gasteiger partial charge in [-0.25, -0.2) is 9.97 Å². The van der Waals surface area contributed by atoms with Crippen molar-refractivity contribution < 1.29 is 4.79 Å². The fourth-order valence-corrected chi connectivity index (χ4v) is 4.32. The summed E-state index contributed by atoms with van der Waals surface area (Å²) in [6.45, 7) is 5.10. The molecule has 1 aromatic carbocycles. The first-order valence-electron chi connectivity index (χ1n) is 10.0. The molecule has 5 heteroatoms. The molecule has 28 heavy (non-hydrogen) atoms. The maximum absolute atomic E-state index is 12.4. The molecule has 5 rings (SSSR count). The van der Waals surface area contributed by atoms with Gasteiger partial charge in [-0.15, -0.1) is 0 Å². The van der Waals surface area contributed by atoms with Crippen LogP contribution in [0.15, 0.2) is 42.6 Å². The molecule has 142 valence electrons. The molecule has 3 aromatic rings. The topological polar surface area (TPSA) is 70.7 Å². The predicted octanol–water partition coefficient (Wildman–Crippen LogP) is 4.43. The van der Waals surface area contributed by atoms with Crippen LogP contribution in [0.3, 0.4) is 0 Å². The van der Waals surface area contributed by atoms with Crippen molar-refractivity contribution in [2.75, 3.05) is 6.54 Å². The zero-order valence-corrected chi connectivity index (χ0v) is 16.2. The van der Waals surface area contributed by atoms with Crippen molar-refractivity contribution in [3.8, 4) is 22.8 Å². The molecule has 2 N–H and O–H groups in total. The van der Waals surface area contributed by atoms with Crippen molar-refractivity contribution >= 4 is 5.91 Å². The lowest BCUT2D eigenvalue weighted by Crippen LogP contribution is -2.50. The minimum atomic E-state index is 0.00794. The SMILES string of the molecule is CC(C)c1ccc(-c2nccc(-c3cc4c([nH]3)C3(CCC3)CNC4=O)n2)cc1. The maximum Gasteiger partial charge on any atom is 0.253 e. The minimum Gasteiger partial charge on any atom is -0.356 e. The second kappa shape index (κ2) is 6.30. The highest BCUT2D eigenvalue weighted by Gasteiger charge is 2.45. The van der Waals surface area contributed by atoms with Gasteiger partial charge in [0.25, 0.3) is 5.91 Å². The minimum absolute atomic E-state index is 0.00794. The number of carbonyl (C=O) groups excluding carboxylic acids is 1. The van der Waals surface area contributed by atoms with E-state index in [1.807, 2.05) is 12.1 Å². The molecule has 0 saturated heterocycles. The number of H-pyrrole nitrogens is 1. The lowest BCUT2D eigenvalue weighted by molar-refractivity contribution is 0.0893. The quantitative estimate of drug-likeness (QED) is 0.715. The molecule has 2 aromatic heterocycles. The van der Waals surface area contributed by atoms with E-state index in [1.54, 1.807) is 6.20 Å². The number of hydrogen-bond donors (Lipinski definition) is 2. The molecule has 2 aliphatic rings. The summed E-state index contributed by atoms with van der Waals surface area (Å²) in [6, 6.07) is 12.3. The summed E-state index contributed by atoms with van der Waals surface area (Å²) in [5.74, 6) is 1.20. The highest BCUT2D eigenvalue weighted by atomic mass is 16.1. The van der Waals surface area contributed by atoms with Gasteiger partial charge in [-0.1, -0.05) is 44.5 Å². The van der Waals surface area contributed by atoms with Crippen LogP contribution in [0.4, 0.5) is 0 Å². The second-order valence-corrected chi connectivity index (χ2v) is 8.33. The highest BCUT2D eigenvalue weighted by Crippen LogP contribution is 2.46. The Morgan fingerprint density at radius 2 is 1.89 bits per heavy atom. The summed E-state index contributed by atoms with van der Waals surface area (Å²) in [6.07, 6.45) is 5.25. The monoisotopic (exact) mass is 372 g/mol. The van der Waals surface area contributed by atoms with Gasteiger partial charge < -0.3 is 10.3 Å². The number of benzene rings is 1. The zero-order valence-electron chi connectivity index (χ0n) is 16.2. The number of carbonyl (C=O) groups is 1. The van der Waals surface area contributed by atoms with E-state index in [0.29, 0.717) is 11.7 Å². The normalized spacial score (nSPS) is 17.3. The fourth-order valence-electron chi connectivity index (χ4n) is 4.32. The van der Waals surface area contributed by atoms with Crippen LogP contribution < -0.4 is 5.32 Å². The molecular weight excluding hydrogens is 348 g/mol. The van der Waals surface area contributed by atoms with Crippen LogP contribution in [0.25, 0.3) is 22.8 Å². The third kappa shape index (κ3) is 2.65. The Morgan fingerprint density at radius 3 is 2.57 bits per heavy atom. The van der Waals surface area contributed by atoms with E-state index < -0.39 is 0 Å². The van der Waals surface area contributed by atoms with Crippen molar-refractivity contribution in [1.29, 1.82) is 0 Å². The first-order chi connectivity index (χ1) is 13.6. The number of rotatable bonds is 3. The van der Waals surface area contributed by atoms with Crippen LogP contribution in [0.2, 0.25) is 0 Å². The van der Waals surface area contributed by atoms with E-state index in [9.17, 15) is 4.79 Å². The Labute approximate surface area is 164 Å². The number of hydrogen-bond acceptors (Lipinski definition) is 3. The number of nitrogens with zero attached hydrogens (tertiary/aromatic N) is 2. The molecular formula is C23H24N4O. The van der Waals surface area contributed by atoms with Crippen molar-refractivity contribution in [1.82, 2.24) is 20.3 Å². The fraction of sp³-hybridized carbons (Fsp3) is 0.348. The summed E-state index contributed by atoms with van der Waals surface area (Å²) in [4.78, 5) is 25.1. The third-order valence-electron chi connectivity index (χ3n) is 6.26. The molecule has 3 heterocycles. The zero-order chi connectivity index (χ0) is 19.3. The van der Waals surface area contributed by atoms with Gasteiger partial charge in [0, 0.05) is 29.4 Å². The molecule has 5 nitrogen and oxygen atoms in total. The van der Waals surface area contributed by atoms with Gasteiger partial charge in [0.05, 0.1) is 17.0 Å². The van der Waals surface area contributed by atoms with Crippen LogP contribution in [0, 0.1) is 0 Å². The van der Waals surface area contributed by atoms with Crippen molar-refractivity contribution in [2.24, 2.45) is 0 Å². The highest BCUT2D eigenvalue weighted by molar-refractivity contribution is 5.98. The second-order valence-electron chi connectivity index (χ2n) is 8.33. The Kier molecular flexibility index (Phi) is 3.86. The molecule has 0 atom stereocenters. The van der Waals surface area contributed by atoms with Gasteiger partial charge in [-0.2, -0.15) is 0 Å². The molecule has 1 amide bonds. The van der Waals surface area contributed by atoms with E-state index in [-0.39, 0.29) is 11.3 Å². The van der Waals surface area contributed by atoms with Crippen LogP contribution in [0.1, 0.15) is 60.6 Å². The maximum atomic E-state index is 12.4. The van der Waals surface area contributed by atoms with Gasteiger partial charge in [0.15, 0.2) is 5.82 Å². The van der Waals surface area contributed by atoms with Crippen molar-refractivity contribution in [2.45, 2.75) is 44.4 Å². The molecule has 1 aliphatic heterocycles. The molecule has 1 spiro atoms. The Hall–Kier alpha value is -2.95. The van der Waals surface area contributed by atoms with Crippen molar-refractivity contribution in [3.63, 3.8) is 0 Å². The standard InChI is InChI=1S/C23H24N4O/c1-14(2)15-4-6-16(7-5-15)21-24-11-8-18(27-21)19-12-17-20(26-19)23(9-3-10-23)13-25-22(17)28/h4-8,11-12,14,26H,3,9-10,13H2,1-2H3,(H,25,28). The molecule has 0 radical (unpaired) electrons. The average molecular weight is 372 g/mol.